The van der Waals surface area contributed by atoms with Gasteiger partial charge >= 0.3 is 15.2 Å². The second-order valence-electron chi connectivity index (χ2n) is 15.3. The minimum Gasteiger partial charge on any atom is -0.309 e. The number of fused-ring (bicyclic) bond motifs is 6. The second kappa shape index (κ2) is 14.8. The first-order valence-corrected chi connectivity index (χ1v) is 22.6. The number of hydrogen-bond donors (Lipinski definition) is 0. The maximum atomic E-state index is 13.4. The van der Waals surface area contributed by atoms with E-state index in [4.69, 9.17) is 18.1 Å². The van der Waals surface area contributed by atoms with Crippen molar-refractivity contribution < 1.29 is 27.2 Å². The van der Waals surface area contributed by atoms with Crippen molar-refractivity contribution in [3.8, 4) is 44.5 Å². The fourth-order valence-electron chi connectivity index (χ4n) is 8.45. The highest BCUT2D eigenvalue weighted by atomic mass is 31.2. The number of rotatable bonds is 14. The third-order valence-electron chi connectivity index (χ3n) is 11.1. The molecule has 0 saturated heterocycles. The molecule has 282 valence electrons. The van der Waals surface area contributed by atoms with Gasteiger partial charge in [-0.25, -0.2) is 0 Å². The van der Waals surface area contributed by atoms with Crippen molar-refractivity contribution in [1.29, 1.82) is 0 Å². The Bertz CT molecular complexity index is 2290. The van der Waals surface area contributed by atoms with E-state index in [1.165, 1.54) is 55.6 Å². The molecule has 0 atom stereocenters. The minimum atomic E-state index is -3.22. The fraction of sp³-hybridized carbons (Fsp3) is 0.348. The van der Waals surface area contributed by atoms with E-state index in [0.29, 0.717) is 26.4 Å². The van der Waals surface area contributed by atoms with Crippen LogP contribution in [-0.2, 0) is 50.4 Å². The maximum absolute atomic E-state index is 13.4. The molecule has 0 saturated carbocycles. The van der Waals surface area contributed by atoms with E-state index in [0.717, 1.165) is 22.3 Å². The van der Waals surface area contributed by atoms with Crippen molar-refractivity contribution >= 4 is 15.2 Å². The molecule has 5 aromatic carbocycles. The average Bonchev–Trinajstić information content (AvgIpc) is 3.50. The largest absolute Gasteiger partial charge is 0.335 e. The van der Waals surface area contributed by atoms with E-state index < -0.39 is 15.2 Å². The van der Waals surface area contributed by atoms with Crippen molar-refractivity contribution in [2.24, 2.45) is 0 Å². The smallest absolute Gasteiger partial charge is 0.309 e. The van der Waals surface area contributed by atoms with Crippen LogP contribution in [0.1, 0.15) is 88.8 Å². The first kappa shape index (κ1) is 38.7. The summed E-state index contributed by atoms with van der Waals surface area (Å²) in [6.45, 7) is 18.0. The van der Waals surface area contributed by atoms with Gasteiger partial charge in [0.1, 0.15) is 0 Å². The third kappa shape index (κ3) is 7.03. The molecule has 0 bridgehead atoms. The summed E-state index contributed by atoms with van der Waals surface area (Å²) in [6.07, 6.45) is 0.516. The Morgan fingerprint density at radius 2 is 0.704 bits per heavy atom. The molecule has 54 heavy (non-hydrogen) atoms. The van der Waals surface area contributed by atoms with Gasteiger partial charge < -0.3 is 18.1 Å². The highest BCUT2D eigenvalue weighted by molar-refractivity contribution is 7.53. The Labute approximate surface area is 321 Å². The molecule has 0 spiro atoms. The molecule has 2 aliphatic carbocycles. The van der Waals surface area contributed by atoms with Crippen LogP contribution in [0.4, 0.5) is 0 Å². The van der Waals surface area contributed by atoms with E-state index in [1.54, 1.807) is 0 Å². The summed E-state index contributed by atoms with van der Waals surface area (Å²) >= 11 is 0. The minimum absolute atomic E-state index is 0.191. The van der Waals surface area contributed by atoms with Gasteiger partial charge in [-0.2, -0.15) is 0 Å². The Morgan fingerprint density at radius 3 is 1.09 bits per heavy atom. The molecule has 0 unspecified atom stereocenters. The molecule has 7 rings (SSSR count). The van der Waals surface area contributed by atoms with Gasteiger partial charge in [-0.15, -0.1) is 0 Å². The Hall–Kier alpha value is -3.60. The van der Waals surface area contributed by atoms with Gasteiger partial charge in [0, 0.05) is 10.8 Å². The Kier molecular flexibility index (Phi) is 10.6. The standard InChI is InChI=1S/C46H52O6P2/c1-9-49-53(47,50-10-2)29-31-13-16-33(17-14-31)34-18-22-39-40-24-20-36(28-44(40)46(7,8)42(39)26-34)35-19-23-38-37-21-15-32(30-54(48,51-11-3)52-12-4)25-41(37)45(5,6)43(38)27-35/h13-28H,9-12,29-30H2,1-8H3. The van der Waals surface area contributed by atoms with Gasteiger partial charge in [-0.05, 0) is 124 Å². The first-order valence-electron chi connectivity index (χ1n) is 19.2. The van der Waals surface area contributed by atoms with Crippen LogP contribution in [0.3, 0.4) is 0 Å². The molecule has 0 amide bonds. The maximum Gasteiger partial charge on any atom is 0.335 e. The molecule has 0 fully saturated rings. The fourth-order valence-corrected chi connectivity index (χ4v) is 11.8. The van der Waals surface area contributed by atoms with Crippen molar-refractivity contribution in [3.05, 3.63) is 130 Å². The van der Waals surface area contributed by atoms with Gasteiger partial charge in [0.2, 0.25) is 0 Å². The normalized spacial score (nSPS) is 15.1. The Morgan fingerprint density at radius 1 is 0.407 bits per heavy atom. The number of benzene rings is 5. The van der Waals surface area contributed by atoms with Crippen LogP contribution < -0.4 is 0 Å². The van der Waals surface area contributed by atoms with Gasteiger partial charge in [-0.3, -0.25) is 9.13 Å². The lowest BCUT2D eigenvalue weighted by Gasteiger charge is -2.24. The van der Waals surface area contributed by atoms with Crippen molar-refractivity contribution in [1.82, 2.24) is 0 Å². The van der Waals surface area contributed by atoms with E-state index in [2.05, 4.69) is 113 Å². The molecular weight excluding hydrogens is 710 g/mol. The van der Waals surface area contributed by atoms with Crippen molar-refractivity contribution in [3.63, 3.8) is 0 Å². The molecule has 8 heteroatoms. The van der Waals surface area contributed by atoms with Crippen LogP contribution >= 0.6 is 15.2 Å². The van der Waals surface area contributed by atoms with Gasteiger partial charge in [0.05, 0.1) is 38.8 Å². The zero-order valence-corrected chi connectivity index (χ0v) is 34.6. The average molecular weight is 763 g/mol. The van der Waals surface area contributed by atoms with Crippen molar-refractivity contribution in [2.75, 3.05) is 26.4 Å². The van der Waals surface area contributed by atoms with E-state index in [9.17, 15) is 9.13 Å². The van der Waals surface area contributed by atoms with Crippen LogP contribution in [0, 0.1) is 0 Å². The lowest BCUT2D eigenvalue weighted by atomic mass is 9.80. The topological polar surface area (TPSA) is 71.1 Å². The van der Waals surface area contributed by atoms with Crippen LogP contribution in [-0.4, -0.2) is 26.4 Å². The molecule has 0 N–H and O–H groups in total. The summed E-state index contributed by atoms with van der Waals surface area (Å²) in [4.78, 5) is 0. The SMILES string of the molecule is CCOP(=O)(Cc1ccc(-c2ccc3c(c2)C(C)(C)c2cc(-c4ccc5c(c4)C(C)(C)c4cc(CP(=O)(OCC)OCC)ccc4-5)ccc2-3)cc1)OCC. The second-order valence-corrected chi connectivity index (χ2v) is 19.4. The summed E-state index contributed by atoms with van der Waals surface area (Å²) < 4.78 is 48.7. The van der Waals surface area contributed by atoms with Crippen LogP contribution in [0.5, 0.6) is 0 Å². The zero-order valence-electron chi connectivity index (χ0n) is 32.8. The van der Waals surface area contributed by atoms with E-state index in [1.807, 2.05) is 39.8 Å². The zero-order chi connectivity index (χ0) is 38.5. The molecular formula is C46H52O6P2. The monoisotopic (exact) mass is 762 g/mol. The molecule has 0 aromatic heterocycles. The van der Waals surface area contributed by atoms with Gasteiger partial charge in [0.25, 0.3) is 0 Å². The van der Waals surface area contributed by atoms with E-state index in [-0.39, 0.29) is 23.2 Å². The summed E-state index contributed by atoms with van der Waals surface area (Å²) in [5.41, 5.74) is 16.3. The van der Waals surface area contributed by atoms with Gasteiger partial charge in [0.15, 0.2) is 0 Å². The Balaban J connectivity index is 1.15. The van der Waals surface area contributed by atoms with Crippen LogP contribution in [0.2, 0.25) is 0 Å². The highest BCUT2D eigenvalue weighted by Crippen LogP contribution is 2.55. The molecule has 0 aliphatic heterocycles. The molecule has 0 heterocycles. The predicted molar refractivity (Wildman–Crippen MR) is 222 cm³/mol. The number of hydrogen-bond acceptors (Lipinski definition) is 6. The summed E-state index contributed by atoms with van der Waals surface area (Å²) in [5.74, 6) is 0. The van der Waals surface area contributed by atoms with Crippen LogP contribution in [0.25, 0.3) is 44.5 Å². The van der Waals surface area contributed by atoms with Gasteiger partial charge in [-0.1, -0.05) is 107 Å². The summed E-state index contributed by atoms with van der Waals surface area (Å²) in [6, 6.07) is 35.3. The lowest BCUT2D eigenvalue weighted by molar-refractivity contribution is 0.218. The third-order valence-corrected chi connectivity index (χ3v) is 15.2. The molecule has 2 aliphatic rings. The van der Waals surface area contributed by atoms with Crippen LogP contribution in [0.15, 0.2) is 97.1 Å². The van der Waals surface area contributed by atoms with Crippen molar-refractivity contribution in [2.45, 2.75) is 78.5 Å². The lowest BCUT2D eigenvalue weighted by Crippen LogP contribution is -2.16. The quantitative estimate of drug-likeness (QED) is 0.105. The van der Waals surface area contributed by atoms with E-state index >= 15 is 0 Å². The molecule has 6 nitrogen and oxygen atoms in total. The predicted octanol–water partition coefficient (Wildman–Crippen LogP) is 13.2. The molecule has 0 radical (unpaired) electrons. The highest BCUT2D eigenvalue weighted by Gasteiger charge is 2.38. The first-order chi connectivity index (χ1) is 25.8. The summed E-state index contributed by atoms with van der Waals surface area (Å²) in [5, 5.41) is 0. The summed E-state index contributed by atoms with van der Waals surface area (Å²) in [7, 11) is -6.39. The molecule has 5 aromatic rings.